The van der Waals surface area contributed by atoms with Gasteiger partial charge in [-0.1, -0.05) is 6.07 Å². The molecule has 0 aromatic heterocycles. The highest BCUT2D eigenvalue weighted by molar-refractivity contribution is 5.95. The number of aliphatic hydroxyl groups is 1. The molecule has 1 aromatic carbocycles. The summed E-state index contributed by atoms with van der Waals surface area (Å²) in [5, 5.41) is 8.85. The Bertz CT molecular complexity index is 477. The van der Waals surface area contributed by atoms with Crippen LogP contribution in [0.3, 0.4) is 0 Å². The number of hydrogen-bond acceptors (Lipinski definition) is 3. The van der Waals surface area contributed by atoms with Crippen molar-refractivity contribution in [2.45, 2.75) is 19.4 Å². The van der Waals surface area contributed by atoms with E-state index in [4.69, 9.17) is 5.11 Å². The van der Waals surface area contributed by atoms with Crippen molar-refractivity contribution in [1.29, 1.82) is 0 Å². The lowest BCUT2D eigenvalue weighted by Crippen LogP contribution is -2.38. The van der Waals surface area contributed by atoms with Crippen LogP contribution >= 0.6 is 0 Å². The molecule has 0 radical (unpaired) electrons. The first-order valence-corrected chi connectivity index (χ1v) is 5.82. The molecule has 1 heterocycles. The molecule has 1 amide bonds. The normalized spacial score (nSPS) is 15.9. The lowest BCUT2D eigenvalue weighted by atomic mass is 10.1. The summed E-state index contributed by atoms with van der Waals surface area (Å²) >= 11 is 0. The maximum Gasteiger partial charge on any atom is 0.253 e. The zero-order valence-corrected chi connectivity index (χ0v) is 9.86. The molecule has 18 heavy (non-hydrogen) atoms. The van der Waals surface area contributed by atoms with E-state index in [0.717, 1.165) is 6.07 Å². The smallest absolute Gasteiger partial charge is 0.253 e. The molecular formula is C13H14FNO3. The summed E-state index contributed by atoms with van der Waals surface area (Å²) in [6.45, 7) is 0.389. The quantitative estimate of drug-likeness (QED) is 0.857. The van der Waals surface area contributed by atoms with Crippen molar-refractivity contribution in [2.24, 2.45) is 0 Å². The molecule has 0 unspecified atom stereocenters. The van der Waals surface area contributed by atoms with Crippen molar-refractivity contribution in [3.05, 3.63) is 35.1 Å². The molecule has 0 bridgehead atoms. The Kier molecular flexibility index (Phi) is 3.72. The van der Waals surface area contributed by atoms with Gasteiger partial charge in [-0.15, -0.1) is 0 Å². The molecule has 2 rings (SSSR count). The molecule has 1 aliphatic rings. The zero-order chi connectivity index (χ0) is 13.1. The molecule has 1 saturated heterocycles. The summed E-state index contributed by atoms with van der Waals surface area (Å²) in [5.74, 6) is -0.705. The number of ketones is 1. The number of amides is 1. The van der Waals surface area contributed by atoms with Crippen molar-refractivity contribution >= 4 is 11.7 Å². The van der Waals surface area contributed by atoms with Crippen molar-refractivity contribution in [2.75, 3.05) is 13.1 Å². The third-order valence-corrected chi connectivity index (χ3v) is 3.08. The predicted molar refractivity (Wildman–Crippen MR) is 62.5 cm³/mol. The molecule has 0 aliphatic carbocycles. The van der Waals surface area contributed by atoms with Crippen LogP contribution in [0.15, 0.2) is 18.2 Å². The Hall–Kier alpha value is -1.75. The first-order valence-electron chi connectivity index (χ1n) is 5.82. The number of rotatable bonds is 2. The number of likely N-dealkylation sites (tertiary alicyclic amines) is 1. The first kappa shape index (κ1) is 12.7. The minimum Gasteiger partial charge on any atom is -0.392 e. The van der Waals surface area contributed by atoms with Gasteiger partial charge in [0, 0.05) is 37.1 Å². The van der Waals surface area contributed by atoms with E-state index in [2.05, 4.69) is 0 Å². The third kappa shape index (κ3) is 2.56. The minimum absolute atomic E-state index is 0.154. The summed E-state index contributed by atoms with van der Waals surface area (Å²) < 4.78 is 13.5. The number of carbonyl (C=O) groups excluding carboxylic acids is 2. The monoisotopic (exact) mass is 251 g/mol. The predicted octanol–water partition coefficient (Wildman–Crippen LogP) is 1.12. The van der Waals surface area contributed by atoms with Crippen LogP contribution in [0.25, 0.3) is 0 Å². The molecular weight excluding hydrogens is 237 g/mol. The van der Waals surface area contributed by atoms with Crippen LogP contribution < -0.4 is 0 Å². The van der Waals surface area contributed by atoms with E-state index in [1.165, 1.54) is 12.1 Å². The molecule has 0 atom stereocenters. The highest BCUT2D eigenvalue weighted by atomic mass is 19.1. The van der Waals surface area contributed by atoms with Gasteiger partial charge in [0.05, 0.1) is 6.61 Å². The number of piperidine rings is 1. The van der Waals surface area contributed by atoms with Crippen LogP contribution in [0.1, 0.15) is 28.8 Å². The maximum atomic E-state index is 13.5. The van der Waals surface area contributed by atoms with Crippen LogP contribution in [0.4, 0.5) is 4.39 Å². The topological polar surface area (TPSA) is 57.6 Å². The van der Waals surface area contributed by atoms with Gasteiger partial charge in [0.15, 0.2) is 0 Å². The Morgan fingerprint density at radius 3 is 2.56 bits per heavy atom. The van der Waals surface area contributed by atoms with E-state index in [1.54, 1.807) is 4.90 Å². The zero-order valence-electron chi connectivity index (χ0n) is 9.86. The number of Topliss-reactive ketones (excluding diaryl/α,β-unsaturated/α-hetero) is 1. The van der Waals surface area contributed by atoms with Crippen LogP contribution in [0.5, 0.6) is 0 Å². The molecule has 5 heteroatoms. The second kappa shape index (κ2) is 5.27. The fraction of sp³-hybridized carbons (Fsp3) is 0.385. The van der Waals surface area contributed by atoms with Gasteiger partial charge < -0.3 is 10.0 Å². The number of aliphatic hydroxyl groups excluding tert-OH is 1. The fourth-order valence-electron chi connectivity index (χ4n) is 1.95. The van der Waals surface area contributed by atoms with Gasteiger partial charge in [0.1, 0.15) is 11.6 Å². The van der Waals surface area contributed by atoms with Crippen molar-refractivity contribution in [3.63, 3.8) is 0 Å². The van der Waals surface area contributed by atoms with Crippen LogP contribution in [0.2, 0.25) is 0 Å². The van der Waals surface area contributed by atoms with Crippen LogP contribution in [-0.4, -0.2) is 34.8 Å². The lowest BCUT2D eigenvalue weighted by Gasteiger charge is -2.26. The number of halogens is 1. The Morgan fingerprint density at radius 2 is 2.00 bits per heavy atom. The second-order valence-corrected chi connectivity index (χ2v) is 4.30. The molecule has 4 nitrogen and oxygen atoms in total. The highest BCUT2D eigenvalue weighted by Gasteiger charge is 2.22. The first-order chi connectivity index (χ1) is 8.61. The molecule has 0 spiro atoms. The summed E-state index contributed by atoms with van der Waals surface area (Å²) in [6.07, 6.45) is 0.728. The van der Waals surface area contributed by atoms with Gasteiger partial charge in [0.25, 0.3) is 5.91 Å². The van der Waals surface area contributed by atoms with E-state index in [0.29, 0.717) is 25.9 Å². The van der Waals surface area contributed by atoms with Gasteiger partial charge in [-0.25, -0.2) is 4.39 Å². The lowest BCUT2D eigenvalue weighted by molar-refractivity contribution is -0.120. The Balaban J connectivity index is 2.13. The van der Waals surface area contributed by atoms with Crippen LogP contribution in [0, 0.1) is 5.82 Å². The second-order valence-electron chi connectivity index (χ2n) is 4.30. The van der Waals surface area contributed by atoms with Crippen molar-refractivity contribution in [3.8, 4) is 0 Å². The van der Waals surface area contributed by atoms with E-state index in [1.807, 2.05) is 0 Å². The summed E-state index contributed by atoms with van der Waals surface area (Å²) in [7, 11) is 0. The summed E-state index contributed by atoms with van der Waals surface area (Å²) in [6, 6.07) is 4.02. The molecule has 1 N–H and O–H groups in total. The number of hydrogen-bond donors (Lipinski definition) is 1. The summed E-state index contributed by atoms with van der Waals surface area (Å²) in [5.41, 5.74) is 0.416. The number of nitrogens with zero attached hydrogens (tertiary/aromatic N) is 1. The maximum absolute atomic E-state index is 13.5. The van der Waals surface area contributed by atoms with Crippen molar-refractivity contribution in [1.82, 2.24) is 4.90 Å². The van der Waals surface area contributed by atoms with E-state index in [-0.39, 0.29) is 22.8 Å². The number of benzene rings is 1. The van der Waals surface area contributed by atoms with Gasteiger partial charge >= 0.3 is 0 Å². The largest absolute Gasteiger partial charge is 0.392 e. The summed E-state index contributed by atoms with van der Waals surface area (Å²) in [4.78, 5) is 24.7. The van der Waals surface area contributed by atoms with Gasteiger partial charge in [0.2, 0.25) is 0 Å². The van der Waals surface area contributed by atoms with Crippen molar-refractivity contribution < 1.29 is 19.1 Å². The van der Waals surface area contributed by atoms with Gasteiger partial charge in [-0.05, 0) is 12.1 Å². The third-order valence-electron chi connectivity index (χ3n) is 3.08. The van der Waals surface area contributed by atoms with Gasteiger partial charge in [-0.2, -0.15) is 0 Å². The average Bonchev–Trinajstić information content (AvgIpc) is 2.38. The van der Waals surface area contributed by atoms with Crippen LogP contribution in [-0.2, 0) is 11.4 Å². The highest BCUT2D eigenvalue weighted by Crippen LogP contribution is 2.15. The fourth-order valence-corrected chi connectivity index (χ4v) is 1.95. The number of carbonyl (C=O) groups is 2. The molecule has 1 aromatic rings. The molecule has 96 valence electrons. The minimum atomic E-state index is -0.587. The average molecular weight is 251 g/mol. The molecule has 1 aliphatic heterocycles. The SMILES string of the molecule is O=C1CCN(C(=O)c2ccc(CO)c(F)c2)CC1. The molecule has 0 saturated carbocycles. The van der Waals surface area contributed by atoms with E-state index < -0.39 is 12.4 Å². The molecule has 1 fully saturated rings. The van der Waals surface area contributed by atoms with E-state index in [9.17, 15) is 14.0 Å². The Morgan fingerprint density at radius 1 is 1.33 bits per heavy atom. The van der Waals surface area contributed by atoms with Gasteiger partial charge in [-0.3, -0.25) is 9.59 Å². The standard InChI is InChI=1S/C13H14FNO3/c14-12-7-9(1-2-10(12)8-16)13(18)15-5-3-11(17)4-6-15/h1-2,7,16H,3-6,8H2. The van der Waals surface area contributed by atoms with E-state index >= 15 is 0 Å². The Labute approximate surface area is 104 Å².